The third-order valence-corrected chi connectivity index (χ3v) is 2.40. The Morgan fingerprint density at radius 1 is 1.39 bits per heavy atom. The van der Waals surface area contributed by atoms with Gasteiger partial charge in [-0.15, -0.1) is 0 Å². The molecule has 0 spiro atoms. The lowest BCUT2D eigenvalue weighted by atomic mass is 10.1. The topological polar surface area (TPSA) is 63.4 Å². The summed E-state index contributed by atoms with van der Waals surface area (Å²) in [6, 6.07) is -0.00458. The molecule has 0 aromatic carbocycles. The molecule has 0 bridgehead atoms. The lowest BCUT2D eigenvalue weighted by molar-refractivity contribution is -0.114. The van der Waals surface area contributed by atoms with E-state index in [9.17, 15) is 9.59 Å². The van der Waals surface area contributed by atoms with Crippen molar-refractivity contribution in [2.45, 2.75) is 33.7 Å². The quantitative estimate of drug-likeness (QED) is 0.594. The molecule has 18 heavy (non-hydrogen) atoms. The number of oxazole rings is 1. The zero-order chi connectivity index (χ0) is 13.9. The number of Topliss-reactive ketones (excluding diaryl/α,β-unsaturated/α-hetero) is 1. The van der Waals surface area contributed by atoms with Crippen LogP contribution < -0.4 is 4.90 Å². The summed E-state index contributed by atoms with van der Waals surface area (Å²) in [6.07, 6.45) is 2.47. The summed E-state index contributed by atoms with van der Waals surface area (Å²) < 4.78 is 5.21. The van der Waals surface area contributed by atoms with Crippen molar-refractivity contribution in [2.75, 3.05) is 4.90 Å². The number of aromatic nitrogens is 1. The van der Waals surface area contributed by atoms with Crippen molar-refractivity contribution in [3.05, 3.63) is 24.6 Å². The van der Waals surface area contributed by atoms with E-state index in [1.807, 2.05) is 13.8 Å². The highest BCUT2D eigenvalue weighted by Crippen LogP contribution is 2.18. The van der Waals surface area contributed by atoms with E-state index in [0.717, 1.165) is 0 Å². The van der Waals surface area contributed by atoms with Crippen molar-refractivity contribution >= 4 is 17.7 Å². The standard InChI is InChI=1S/C13H18N2O3/c1-6-11(16)15(9(4)5)13-14-10(7-18-13)12(17)8(2)3/h6-9H,1H2,2-5H3. The highest BCUT2D eigenvalue weighted by molar-refractivity contribution is 6.01. The monoisotopic (exact) mass is 250 g/mol. The first-order valence-corrected chi connectivity index (χ1v) is 5.83. The summed E-state index contributed by atoms with van der Waals surface area (Å²) in [4.78, 5) is 28.8. The van der Waals surface area contributed by atoms with Gasteiger partial charge in [-0.05, 0) is 19.9 Å². The molecule has 0 atom stereocenters. The minimum absolute atomic E-state index is 0.111. The number of carbonyl (C=O) groups excluding carboxylic acids is 2. The summed E-state index contributed by atoms with van der Waals surface area (Å²) in [7, 11) is 0. The van der Waals surface area contributed by atoms with Crippen LogP contribution in [0.5, 0.6) is 0 Å². The van der Waals surface area contributed by atoms with Crippen molar-refractivity contribution in [1.82, 2.24) is 4.98 Å². The summed E-state index contributed by atoms with van der Waals surface area (Å²) in [5.74, 6) is -0.583. The van der Waals surface area contributed by atoms with Crippen LogP contribution in [-0.2, 0) is 4.79 Å². The Labute approximate surface area is 106 Å². The summed E-state index contributed by atoms with van der Waals surface area (Å²) >= 11 is 0. The number of carbonyl (C=O) groups is 2. The maximum absolute atomic E-state index is 11.7. The predicted molar refractivity (Wildman–Crippen MR) is 68.5 cm³/mol. The van der Waals surface area contributed by atoms with Crippen LogP contribution in [0.25, 0.3) is 0 Å². The number of ketones is 1. The van der Waals surface area contributed by atoms with Gasteiger partial charge in [-0.2, -0.15) is 4.98 Å². The third-order valence-electron chi connectivity index (χ3n) is 2.40. The van der Waals surface area contributed by atoms with Crippen LogP contribution in [0.1, 0.15) is 38.2 Å². The SMILES string of the molecule is C=CC(=O)N(c1nc(C(=O)C(C)C)co1)C(C)C. The average Bonchev–Trinajstić information content (AvgIpc) is 2.76. The van der Waals surface area contributed by atoms with Gasteiger partial charge in [0.05, 0.1) is 0 Å². The van der Waals surface area contributed by atoms with Crippen molar-refractivity contribution < 1.29 is 14.0 Å². The van der Waals surface area contributed by atoms with Gasteiger partial charge >= 0.3 is 6.01 Å². The Morgan fingerprint density at radius 2 is 2.00 bits per heavy atom. The Morgan fingerprint density at radius 3 is 2.44 bits per heavy atom. The van der Waals surface area contributed by atoms with Crippen LogP contribution in [0.15, 0.2) is 23.3 Å². The van der Waals surface area contributed by atoms with E-state index >= 15 is 0 Å². The minimum Gasteiger partial charge on any atom is -0.431 e. The number of hydrogen-bond acceptors (Lipinski definition) is 4. The second-order valence-corrected chi connectivity index (χ2v) is 4.54. The van der Waals surface area contributed by atoms with Gasteiger partial charge in [-0.25, -0.2) is 0 Å². The highest BCUT2D eigenvalue weighted by atomic mass is 16.4. The van der Waals surface area contributed by atoms with E-state index in [0.29, 0.717) is 0 Å². The second kappa shape index (κ2) is 5.62. The third kappa shape index (κ3) is 2.85. The van der Waals surface area contributed by atoms with Crippen LogP contribution in [0, 0.1) is 5.92 Å². The molecule has 0 aliphatic rings. The molecule has 5 heteroatoms. The minimum atomic E-state index is -0.310. The molecule has 0 radical (unpaired) electrons. The molecule has 1 amide bonds. The zero-order valence-electron chi connectivity index (χ0n) is 11.1. The normalized spacial score (nSPS) is 10.8. The van der Waals surface area contributed by atoms with E-state index in [2.05, 4.69) is 11.6 Å². The van der Waals surface area contributed by atoms with Crippen LogP contribution in [0.2, 0.25) is 0 Å². The Kier molecular flexibility index (Phi) is 4.42. The molecule has 1 heterocycles. The molecule has 0 aliphatic carbocycles. The summed E-state index contributed by atoms with van der Waals surface area (Å²) in [5.41, 5.74) is 0.238. The second-order valence-electron chi connectivity index (χ2n) is 4.54. The number of rotatable bonds is 5. The van der Waals surface area contributed by atoms with E-state index in [1.165, 1.54) is 17.2 Å². The largest absolute Gasteiger partial charge is 0.431 e. The predicted octanol–water partition coefficient (Wildman–Crippen LogP) is 2.44. The highest BCUT2D eigenvalue weighted by Gasteiger charge is 2.24. The number of amides is 1. The zero-order valence-corrected chi connectivity index (χ0v) is 11.1. The molecule has 5 nitrogen and oxygen atoms in total. The average molecular weight is 250 g/mol. The van der Waals surface area contributed by atoms with Gasteiger partial charge < -0.3 is 4.42 Å². The van der Waals surface area contributed by atoms with Gasteiger partial charge in [0.15, 0.2) is 5.78 Å². The molecule has 0 saturated heterocycles. The molecule has 1 aromatic heterocycles. The van der Waals surface area contributed by atoms with Crippen molar-refractivity contribution in [1.29, 1.82) is 0 Å². The molecule has 1 rings (SSSR count). The molecule has 0 fully saturated rings. The number of anilines is 1. The summed E-state index contributed by atoms with van der Waals surface area (Å²) in [6.45, 7) is 10.7. The van der Waals surface area contributed by atoms with E-state index in [1.54, 1.807) is 13.8 Å². The van der Waals surface area contributed by atoms with Crippen molar-refractivity contribution in [3.8, 4) is 0 Å². The molecule has 0 N–H and O–H groups in total. The first-order valence-electron chi connectivity index (χ1n) is 5.83. The van der Waals surface area contributed by atoms with Gasteiger partial charge in [-0.1, -0.05) is 20.4 Å². The van der Waals surface area contributed by atoms with E-state index in [-0.39, 0.29) is 35.4 Å². The molecule has 98 valence electrons. The Hall–Kier alpha value is -1.91. The molecular formula is C13H18N2O3. The Balaban J connectivity index is 3.05. The first kappa shape index (κ1) is 14.2. The van der Waals surface area contributed by atoms with Crippen LogP contribution in [-0.4, -0.2) is 22.7 Å². The summed E-state index contributed by atoms with van der Waals surface area (Å²) in [5, 5.41) is 0. The molecule has 0 saturated carbocycles. The van der Waals surface area contributed by atoms with Gasteiger partial charge in [0, 0.05) is 12.0 Å². The fourth-order valence-corrected chi connectivity index (χ4v) is 1.45. The lowest BCUT2D eigenvalue weighted by Crippen LogP contribution is -2.36. The smallest absolute Gasteiger partial charge is 0.305 e. The van der Waals surface area contributed by atoms with E-state index in [4.69, 9.17) is 4.42 Å². The van der Waals surface area contributed by atoms with Crippen LogP contribution in [0.4, 0.5) is 6.01 Å². The van der Waals surface area contributed by atoms with Gasteiger partial charge in [0.2, 0.25) is 0 Å². The van der Waals surface area contributed by atoms with Crippen molar-refractivity contribution in [2.24, 2.45) is 5.92 Å². The molecule has 0 aliphatic heterocycles. The van der Waals surface area contributed by atoms with Gasteiger partial charge in [-0.3, -0.25) is 14.5 Å². The van der Waals surface area contributed by atoms with Crippen molar-refractivity contribution in [3.63, 3.8) is 0 Å². The molecule has 0 unspecified atom stereocenters. The maximum Gasteiger partial charge on any atom is 0.305 e. The lowest BCUT2D eigenvalue weighted by Gasteiger charge is -2.20. The Bertz CT molecular complexity index is 461. The van der Waals surface area contributed by atoms with Gasteiger partial charge in [0.1, 0.15) is 12.0 Å². The van der Waals surface area contributed by atoms with Crippen LogP contribution >= 0.6 is 0 Å². The fraction of sp³-hybridized carbons (Fsp3) is 0.462. The molecular weight excluding hydrogens is 232 g/mol. The maximum atomic E-state index is 11.7. The van der Waals surface area contributed by atoms with Crippen LogP contribution in [0.3, 0.4) is 0 Å². The molecule has 1 aromatic rings. The number of nitrogens with zero attached hydrogens (tertiary/aromatic N) is 2. The number of hydrogen-bond donors (Lipinski definition) is 0. The van der Waals surface area contributed by atoms with Gasteiger partial charge in [0.25, 0.3) is 5.91 Å². The first-order chi connectivity index (χ1) is 8.38. The fourth-order valence-electron chi connectivity index (χ4n) is 1.45. The van der Waals surface area contributed by atoms with E-state index < -0.39 is 0 Å².